The lowest BCUT2D eigenvalue weighted by Crippen LogP contribution is -2.06. The number of carbonyl (C=O) groups excluding carboxylic acids is 1. The Balaban J connectivity index is 1.61. The summed E-state index contributed by atoms with van der Waals surface area (Å²) in [5.41, 5.74) is 2.85. The first-order chi connectivity index (χ1) is 12.5. The van der Waals surface area contributed by atoms with Gasteiger partial charge < -0.3 is 14.0 Å². The molecule has 0 saturated carbocycles. The van der Waals surface area contributed by atoms with Gasteiger partial charge in [0.15, 0.2) is 0 Å². The van der Waals surface area contributed by atoms with Crippen molar-refractivity contribution in [1.29, 1.82) is 0 Å². The normalized spacial score (nSPS) is 10.6. The average molecular weight is 373 g/mol. The summed E-state index contributed by atoms with van der Waals surface area (Å²) in [6.07, 6.45) is 1.57. The zero-order chi connectivity index (χ0) is 18.5. The maximum Gasteiger partial charge on any atom is 0.338 e. The molecule has 0 radical (unpaired) electrons. The number of hydrogen-bond acceptors (Lipinski definition) is 6. The third-order valence-electron chi connectivity index (χ3n) is 3.79. The lowest BCUT2D eigenvalue weighted by Gasteiger charge is -2.08. The Hall–Kier alpha value is -2.86. The molecular weight excluding hydrogens is 356 g/mol. The van der Waals surface area contributed by atoms with Crippen molar-refractivity contribution in [2.45, 2.75) is 27.1 Å². The second-order valence-corrected chi connectivity index (χ2v) is 6.07. The van der Waals surface area contributed by atoms with Gasteiger partial charge in [0, 0.05) is 11.8 Å². The number of halogens is 1. The predicted molar refractivity (Wildman–Crippen MR) is 95.1 cm³/mol. The molecular formula is C19H17ClN2O4. The highest BCUT2D eigenvalue weighted by atomic mass is 35.5. The van der Waals surface area contributed by atoms with Crippen molar-refractivity contribution in [2.75, 3.05) is 0 Å². The van der Waals surface area contributed by atoms with Crippen molar-refractivity contribution in [1.82, 2.24) is 10.1 Å². The molecule has 0 atom stereocenters. The number of rotatable bonds is 6. The molecule has 6 nitrogen and oxygen atoms in total. The Bertz CT molecular complexity index is 887. The van der Waals surface area contributed by atoms with Crippen LogP contribution in [-0.4, -0.2) is 16.1 Å². The number of pyridine rings is 1. The van der Waals surface area contributed by atoms with Crippen LogP contribution in [0.3, 0.4) is 0 Å². The van der Waals surface area contributed by atoms with Crippen molar-refractivity contribution in [3.63, 3.8) is 0 Å². The number of esters is 1. The maximum atomic E-state index is 12.2. The van der Waals surface area contributed by atoms with Crippen LogP contribution in [0.5, 0.6) is 5.75 Å². The molecule has 0 aliphatic heterocycles. The van der Waals surface area contributed by atoms with Gasteiger partial charge in [-0.3, -0.25) is 0 Å². The molecule has 0 aliphatic carbocycles. The molecule has 0 bridgehead atoms. The molecule has 0 unspecified atom stereocenters. The summed E-state index contributed by atoms with van der Waals surface area (Å²) in [4.78, 5) is 16.2. The minimum atomic E-state index is -0.442. The molecule has 0 aliphatic rings. The summed E-state index contributed by atoms with van der Waals surface area (Å²) in [6, 6.07) is 10.2. The van der Waals surface area contributed by atoms with E-state index in [1.54, 1.807) is 42.6 Å². The van der Waals surface area contributed by atoms with Crippen molar-refractivity contribution >= 4 is 17.6 Å². The highest BCUT2D eigenvalue weighted by molar-refractivity contribution is 6.29. The third-order valence-corrected chi connectivity index (χ3v) is 4.02. The lowest BCUT2D eigenvalue weighted by atomic mass is 10.2. The van der Waals surface area contributed by atoms with Crippen LogP contribution in [0.2, 0.25) is 5.15 Å². The van der Waals surface area contributed by atoms with Gasteiger partial charge in [0.25, 0.3) is 0 Å². The van der Waals surface area contributed by atoms with E-state index >= 15 is 0 Å². The average Bonchev–Trinajstić information content (AvgIpc) is 2.97. The molecule has 2 heterocycles. The highest BCUT2D eigenvalue weighted by Crippen LogP contribution is 2.19. The Morgan fingerprint density at radius 3 is 2.73 bits per heavy atom. The lowest BCUT2D eigenvalue weighted by molar-refractivity contribution is 0.0472. The molecule has 3 rings (SSSR count). The molecule has 3 aromatic rings. The van der Waals surface area contributed by atoms with E-state index in [1.165, 1.54) is 0 Å². The Morgan fingerprint density at radius 1 is 1.19 bits per heavy atom. The summed E-state index contributed by atoms with van der Waals surface area (Å²) in [6.45, 7) is 4.12. The molecule has 0 fully saturated rings. The van der Waals surface area contributed by atoms with E-state index in [2.05, 4.69) is 10.1 Å². The van der Waals surface area contributed by atoms with Gasteiger partial charge in [-0.2, -0.15) is 0 Å². The monoisotopic (exact) mass is 372 g/mol. The standard InChI is InChI=1S/C19H17ClN2O4/c1-12-17(13(2)26-22-12)11-24-16-5-3-4-15(8-16)19(23)25-10-14-6-7-18(20)21-9-14/h3-9H,10-11H2,1-2H3. The fourth-order valence-corrected chi connectivity index (χ4v) is 2.41. The SMILES string of the molecule is Cc1noc(C)c1COc1cccc(C(=O)OCc2ccc(Cl)nc2)c1. The van der Waals surface area contributed by atoms with Gasteiger partial charge in [-0.25, -0.2) is 9.78 Å². The number of nitrogens with zero attached hydrogens (tertiary/aromatic N) is 2. The first-order valence-electron chi connectivity index (χ1n) is 7.95. The van der Waals surface area contributed by atoms with E-state index < -0.39 is 5.97 Å². The minimum absolute atomic E-state index is 0.118. The molecule has 0 saturated heterocycles. The number of hydrogen-bond donors (Lipinski definition) is 0. The minimum Gasteiger partial charge on any atom is -0.489 e. The van der Waals surface area contributed by atoms with Gasteiger partial charge >= 0.3 is 5.97 Å². The summed E-state index contributed by atoms with van der Waals surface area (Å²) in [7, 11) is 0. The number of carbonyl (C=O) groups is 1. The van der Waals surface area contributed by atoms with E-state index in [1.807, 2.05) is 13.8 Å². The summed E-state index contributed by atoms with van der Waals surface area (Å²) in [5, 5.41) is 4.28. The summed E-state index contributed by atoms with van der Waals surface area (Å²) < 4.78 is 16.2. The Kier molecular flexibility index (Phi) is 5.53. The Labute approximate surface area is 155 Å². The van der Waals surface area contributed by atoms with Crippen LogP contribution >= 0.6 is 11.6 Å². The molecule has 2 aromatic heterocycles. The second-order valence-electron chi connectivity index (χ2n) is 5.68. The number of aromatic nitrogens is 2. The maximum absolute atomic E-state index is 12.2. The topological polar surface area (TPSA) is 74.5 Å². The molecule has 0 spiro atoms. The van der Waals surface area contributed by atoms with Crippen LogP contribution in [0.25, 0.3) is 0 Å². The molecule has 0 amide bonds. The number of ether oxygens (including phenoxy) is 2. The largest absolute Gasteiger partial charge is 0.489 e. The fourth-order valence-electron chi connectivity index (χ4n) is 2.30. The zero-order valence-electron chi connectivity index (χ0n) is 14.4. The van der Waals surface area contributed by atoms with Crippen LogP contribution < -0.4 is 4.74 Å². The van der Waals surface area contributed by atoms with E-state index in [4.69, 9.17) is 25.6 Å². The van der Waals surface area contributed by atoms with E-state index in [0.717, 1.165) is 22.6 Å². The highest BCUT2D eigenvalue weighted by Gasteiger charge is 2.12. The first-order valence-corrected chi connectivity index (χ1v) is 8.33. The predicted octanol–water partition coefficient (Wildman–Crippen LogP) is 4.28. The van der Waals surface area contributed by atoms with Crippen LogP contribution in [0.1, 0.15) is 32.9 Å². The van der Waals surface area contributed by atoms with E-state index in [9.17, 15) is 4.79 Å². The van der Waals surface area contributed by atoms with Gasteiger partial charge in [-0.05, 0) is 38.1 Å². The second kappa shape index (κ2) is 8.01. The van der Waals surface area contributed by atoms with Crippen LogP contribution in [0.15, 0.2) is 47.1 Å². The Morgan fingerprint density at radius 2 is 2.04 bits per heavy atom. The molecule has 0 N–H and O–H groups in total. The quantitative estimate of drug-likeness (QED) is 0.475. The zero-order valence-corrected chi connectivity index (χ0v) is 15.1. The van der Waals surface area contributed by atoms with Gasteiger partial charge in [-0.1, -0.05) is 28.9 Å². The van der Waals surface area contributed by atoms with Crippen molar-refractivity contribution < 1.29 is 18.8 Å². The van der Waals surface area contributed by atoms with Gasteiger partial charge in [-0.15, -0.1) is 0 Å². The van der Waals surface area contributed by atoms with Crippen LogP contribution in [0.4, 0.5) is 0 Å². The summed E-state index contributed by atoms with van der Waals surface area (Å²) in [5.74, 6) is 0.838. The molecule has 26 heavy (non-hydrogen) atoms. The van der Waals surface area contributed by atoms with Gasteiger partial charge in [0.05, 0.1) is 16.8 Å². The summed E-state index contributed by atoms with van der Waals surface area (Å²) >= 11 is 5.73. The van der Waals surface area contributed by atoms with E-state index in [0.29, 0.717) is 23.1 Å². The van der Waals surface area contributed by atoms with Crippen LogP contribution in [0, 0.1) is 13.8 Å². The van der Waals surface area contributed by atoms with Gasteiger partial charge in [0.2, 0.25) is 0 Å². The van der Waals surface area contributed by atoms with Crippen LogP contribution in [-0.2, 0) is 18.0 Å². The molecule has 134 valence electrons. The number of benzene rings is 1. The first kappa shape index (κ1) is 17.9. The smallest absolute Gasteiger partial charge is 0.338 e. The van der Waals surface area contributed by atoms with Crippen molar-refractivity contribution in [3.8, 4) is 5.75 Å². The van der Waals surface area contributed by atoms with Gasteiger partial charge in [0.1, 0.15) is 29.9 Å². The van der Waals surface area contributed by atoms with Crippen molar-refractivity contribution in [2.24, 2.45) is 0 Å². The van der Waals surface area contributed by atoms with Crippen molar-refractivity contribution in [3.05, 3.63) is 75.9 Å². The molecule has 7 heteroatoms. The fraction of sp³-hybridized carbons (Fsp3) is 0.211. The van der Waals surface area contributed by atoms with E-state index in [-0.39, 0.29) is 6.61 Å². The molecule has 1 aromatic carbocycles. The number of aryl methyl sites for hydroxylation is 2. The third kappa shape index (κ3) is 4.40.